The van der Waals surface area contributed by atoms with Crippen LogP contribution in [0.4, 0.5) is 0 Å². The van der Waals surface area contributed by atoms with Crippen LogP contribution in [0.5, 0.6) is 23.0 Å². The fraction of sp³-hybridized carbons (Fsp3) is 0.385. The maximum Gasteiger partial charge on any atom is 0.344 e. The van der Waals surface area contributed by atoms with E-state index in [1.165, 1.54) is 6.21 Å². The molecule has 0 aliphatic carbocycles. The first-order valence-electron chi connectivity index (χ1n) is 11.9. The standard InChI is InChI=1S/C26H31N3O8/c1-5-33-21-11-17(7-9-19(21)35-14-23(30)34-6-2)13-27-29-26(32)24(16(3)4)28-25(31)18-8-10-20-22(12-18)37-15-36-20/h7-13,16,24H,5-6,14-15H2,1-4H3,(H,28,31)(H,29,32)/b27-13-/t24-/m0/s1. The van der Waals surface area contributed by atoms with E-state index in [-0.39, 0.29) is 25.9 Å². The Kier molecular flexibility index (Phi) is 9.70. The van der Waals surface area contributed by atoms with E-state index in [9.17, 15) is 14.4 Å². The lowest BCUT2D eigenvalue weighted by atomic mass is 10.0. The Morgan fingerprint density at radius 3 is 2.51 bits per heavy atom. The first kappa shape index (κ1) is 27.3. The maximum absolute atomic E-state index is 12.8. The van der Waals surface area contributed by atoms with Crippen LogP contribution >= 0.6 is 0 Å². The van der Waals surface area contributed by atoms with Crippen LogP contribution in [0.15, 0.2) is 41.5 Å². The Morgan fingerprint density at radius 2 is 1.78 bits per heavy atom. The molecule has 198 valence electrons. The van der Waals surface area contributed by atoms with Gasteiger partial charge in [-0.2, -0.15) is 5.10 Å². The molecule has 3 rings (SSSR count). The van der Waals surface area contributed by atoms with Crippen molar-refractivity contribution in [1.29, 1.82) is 0 Å². The summed E-state index contributed by atoms with van der Waals surface area (Å²) in [5, 5.41) is 6.76. The summed E-state index contributed by atoms with van der Waals surface area (Å²) in [5.74, 6) is 0.259. The minimum atomic E-state index is -0.826. The van der Waals surface area contributed by atoms with Gasteiger partial charge in [0, 0.05) is 5.56 Å². The van der Waals surface area contributed by atoms with Crippen molar-refractivity contribution in [2.24, 2.45) is 11.0 Å². The van der Waals surface area contributed by atoms with Crippen molar-refractivity contribution in [3.05, 3.63) is 47.5 Å². The van der Waals surface area contributed by atoms with Gasteiger partial charge in [0.1, 0.15) is 6.04 Å². The van der Waals surface area contributed by atoms with Gasteiger partial charge in [-0.25, -0.2) is 10.2 Å². The highest BCUT2D eigenvalue weighted by Gasteiger charge is 2.25. The number of esters is 1. The van der Waals surface area contributed by atoms with Gasteiger partial charge in [0.05, 0.1) is 19.4 Å². The molecular formula is C26H31N3O8. The summed E-state index contributed by atoms with van der Waals surface area (Å²) in [6.07, 6.45) is 1.44. The Hall–Kier alpha value is -4.28. The molecule has 0 radical (unpaired) electrons. The van der Waals surface area contributed by atoms with E-state index >= 15 is 0 Å². The van der Waals surface area contributed by atoms with Crippen molar-refractivity contribution in [2.45, 2.75) is 33.7 Å². The zero-order chi connectivity index (χ0) is 26.8. The van der Waals surface area contributed by atoms with Crippen molar-refractivity contribution >= 4 is 24.0 Å². The van der Waals surface area contributed by atoms with Crippen LogP contribution in [-0.2, 0) is 14.3 Å². The molecule has 0 spiro atoms. The summed E-state index contributed by atoms with van der Waals surface area (Å²) in [6, 6.07) is 8.99. The molecule has 2 aromatic rings. The summed E-state index contributed by atoms with van der Waals surface area (Å²) >= 11 is 0. The normalized spacial score (nSPS) is 12.8. The molecular weight excluding hydrogens is 482 g/mol. The second kappa shape index (κ2) is 13.1. The average Bonchev–Trinajstić information content (AvgIpc) is 3.35. The monoisotopic (exact) mass is 513 g/mol. The smallest absolute Gasteiger partial charge is 0.344 e. The lowest BCUT2D eigenvalue weighted by Crippen LogP contribution is -2.48. The number of amides is 2. The minimum absolute atomic E-state index is 0.102. The van der Waals surface area contributed by atoms with Gasteiger partial charge in [-0.3, -0.25) is 9.59 Å². The van der Waals surface area contributed by atoms with Crippen LogP contribution in [0.2, 0.25) is 0 Å². The van der Waals surface area contributed by atoms with Crippen molar-refractivity contribution in [3.63, 3.8) is 0 Å². The first-order chi connectivity index (χ1) is 17.8. The van der Waals surface area contributed by atoms with E-state index < -0.39 is 23.8 Å². The van der Waals surface area contributed by atoms with Gasteiger partial charge in [0.2, 0.25) is 6.79 Å². The van der Waals surface area contributed by atoms with Crippen LogP contribution in [-0.4, -0.2) is 56.7 Å². The number of nitrogens with one attached hydrogen (secondary N) is 2. The number of hydrazone groups is 1. The molecule has 1 aliphatic rings. The quantitative estimate of drug-likeness (QED) is 0.251. The summed E-state index contributed by atoms with van der Waals surface area (Å²) in [4.78, 5) is 37.1. The number of hydrogen-bond acceptors (Lipinski definition) is 9. The predicted molar refractivity (Wildman–Crippen MR) is 134 cm³/mol. The van der Waals surface area contributed by atoms with Crippen molar-refractivity contribution in [1.82, 2.24) is 10.7 Å². The molecule has 1 aliphatic heterocycles. The fourth-order valence-corrected chi connectivity index (χ4v) is 3.37. The third kappa shape index (κ3) is 7.60. The lowest BCUT2D eigenvalue weighted by Gasteiger charge is -2.20. The third-order valence-electron chi connectivity index (χ3n) is 5.18. The number of carbonyl (C=O) groups excluding carboxylic acids is 3. The Bertz CT molecular complexity index is 1150. The Balaban J connectivity index is 1.61. The predicted octanol–water partition coefficient (Wildman–Crippen LogP) is 2.66. The van der Waals surface area contributed by atoms with Gasteiger partial charge >= 0.3 is 5.97 Å². The van der Waals surface area contributed by atoms with Gasteiger partial charge in [0.25, 0.3) is 11.8 Å². The zero-order valence-corrected chi connectivity index (χ0v) is 21.2. The zero-order valence-electron chi connectivity index (χ0n) is 21.2. The van der Waals surface area contributed by atoms with Gasteiger partial charge in [-0.15, -0.1) is 0 Å². The highest BCUT2D eigenvalue weighted by atomic mass is 16.7. The Morgan fingerprint density at radius 1 is 1.00 bits per heavy atom. The number of ether oxygens (including phenoxy) is 5. The van der Waals surface area contributed by atoms with Crippen LogP contribution in [0.25, 0.3) is 0 Å². The number of hydrogen-bond donors (Lipinski definition) is 2. The molecule has 1 heterocycles. The molecule has 0 fully saturated rings. The Labute approximate surface area is 215 Å². The molecule has 0 saturated heterocycles. The summed E-state index contributed by atoms with van der Waals surface area (Å²) in [6.45, 7) is 7.67. The molecule has 0 aromatic heterocycles. The molecule has 37 heavy (non-hydrogen) atoms. The van der Waals surface area contributed by atoms with Gasteiger partial charge in [-0.05, 0) is 61.7 Å². The van der Waals surface area contributed by atoms with E-state index in [4.69, 9.17) is 23.7 Å². The molecule has 2 aromatic carbocycles. The number of fused-ring (bicyclic) bond motifs is 1. The van der Waals surface area contributed by atoms with Gasteiger partial charge < -0.3 is 29.0 Å². The van der Waals surface area contributed by atoms with E-state index in [0.29, 0.717) is 40.7 Å². The number of nitrogens with zero attached hydrogens (tertiary/aromatic N) is 1. The highest BCUT2D eigenvalue weighted by Crippen LogP contribution is 2.32. The van der Waals surface area contributed by atoms with Crippen LogP contribution in [0, 0.1) is 5.92 Å². The lowest BCUT2D eigenvalue weighted by molar-refractivity contribution is -0.145. The van der Waals surface area contributed by atoms with E-state index in [1.807, 2.05) is 20.8 Å². The van der Waals surface area contributed by atoms with Crippen molar-refractivity contribution in [2.75, 3.05) is 26.6 Å². The number of benzene rings is 2. The largest absolute Gasteiger partial charge is 0.490 e. The number of carbonyl (C=O) groups is 3. The van der Waals surface area contributed by atoms with E-state index in [0.717, 1.165) is 0 Å². The average molecular weight is 514 g/mol. The fourth-order valence-electron chi connectivity index (χ4n) is 3.37. The molecule has 2 amide bonds. The summed E-state index contributed by atoms with van der Waals surface area (Å²) in [7, 11) is 0. The van der Waals surface area contributed by atoms with Gasteiger partial charge in [0.15, 0.2) is 29.6 Å². The third-order valence-corrected chi connectivity index (χ3v) is 5.18. The molecule has 11 heteroatoms. The van der Waals surface area contributed by atoms with Crippen molar-refractivity contribution in [3.8, 4) is 23.0 Å². The molecule has 0 saturated carbocycles. The minimum Gasteiger partial charge on any atom is -0.490 e. The molecule has 0 unspecified atom stereocenters. The van der Waals surface area contributed by atoms with Crippen LogP contribution in [0.1, 0.15) is 43.6 Å². The summed E-state index contributed by atoms with van der Waals surface area (Å²) in [5.41, 5.74) is 3.44. The molecule has 2 N–H and O–H groups in total. The van der Waals surface area contributed by atoms with E-state index in [2.05, 4.69) is 15.8 Å². The second-order valence-corrected chi connectivity index (χ2v) is 8.23. The van der Waals surface area contributed by atoms with Crippen LogP contribution < -0.4 is 29.7 Å². The molecule has 1 atom stereocenters. The molecule has 11 nitrogen and oxygen atoms in total. The van der Waals surface area contributed by atoms with Crippen LogP contribution in [0.3, 0.4) is 0 Å². The number of rotatable bonds is 12. The second-order valence-electron chi connectivity index (χ2n) is 8.23. The maximum atomic E-state index is 12.8. The van der Waals surface area contributed by atoms with Crippen molar-refractivity contribution < 1.29 is 38.1 Å². The SMILES string of the molecule is CCOC(=O)COc1ccc(/C=N\NC(=O)[C@@H](NC(=O)c2ccc3c(c2)OCO3)C(C)C)cc1OCC. The summed E-state index contributed by atoms with van der Waals surface area (Å²) < 4.78 is 26.5. The topological polar surface area (TPSA) is 134 Å². The van der Waals surface area contributed by atoms with Gasteiger partial charge in [-0.1, -0.05) is 13.8 Å². The molecule has 0 bridgehead atoms. The highest BCUT2D eigenvalue weighted by molar-refractivity contribution is 5.98. The van der Waals surface area contributed by atoms with E-state index in [1.54, 1.807) is 43.3 Å². The first-order valence-corrected chi connectivity index (χ1v) is 11.9.